The number of likely N-dealkylation sites (tertiary alicyclic amines) is 3. The number of aryl methyl sites for hydroxylation is 1. The maximum Gasteiger partial charge on any atom is 0.272 e. The Morgan fingerprint density at radius 2 is 1.75 bits per heavy atom. The minimum Gasteiger partial charge on any atom is -0.342 e. The molecule has 0 spiro atoms. The lowest BCUT2D eigenvalue weighted by Crippen LogP contribution is -2.51. The number of amides is 2. The predicted molar refractivity (Wildman–Crippen MR) is 107 cm³/mol. The minimum absolute atomic E-state index is 0.0959. The molecule has 0 aromatic carbocycles. The number of rotatable bonds is 4. The largest absolute Gasteiger partial charge is 0.342 e. The molecule has 3 aliphatic heterocycles. The summed E-state index contributed by atoms with van der Waals surface area (Å²) < 4.78 is 1.77. The number of piperidine rings is 2. The highest BCUT2D eigenvalue weighted by Gasteiger charge is 2.35. The molecule has 0 bridgehead atoms. The van der Waals surface area contributed by atoms with Gasteiger partial charge in [0.25, 0.3) is 5.91 Å². The van der Waals surface area contributed by atoms with Gasteiger partial charge in [-0.05, 0) is 58.1 Å². The third kappa shape index (κ3) is 3.95. The van der Waals surface area contributed by atoms with E-state index in [1.807, 2.05) is 17.9 Å². The SMILES string of the molecule is CCn1nccc1C(=O)N1CCC(N2CCC[C@@H](C(=O)N3CCCC3)C2)CC1. The fraction of sp³-hybridized carbons (Fsp3) is 0.762. The highest BCUT2D eigenvalue weighted by Crippen LogP contribution is 2.26. The molecule has 1 aromatic rings. The van der Waals surface area contributed by atoms with Gasteiger partial charge in [-0.2, -0.15) is 5.10 Å². The molecular formula is C21H33N5O2. The molecule has 1 atom stereocenters. The molecule has 7 nitrogen and oxygen atoms in total. The average Bonchev–Trinajstić information content (AvgIpc) is 3.45. The lowest BCUT2D eigenvalue weighted by Gasteiger charge is -2.42. The molecule has 0 saturated carbocycles. The summed E-state index contributed by atoms with van der Waals surface area (Å²) in [4.78, 5) is 32.2. The molecule has 4 heterocycles. The van der Waals surface area contributed by atoms with Crippen molar-refractivity contribution in [2.24, 2.45) is 5.92 Å². The van der Waals surface area contributed by atoms with Crippen LogP contribution in [-0.2, 0) is 11.3 Å². The van der Waals surface area contributed by atoms with Crippen LogP contribution in [0.25, 0.3) is 0 Å². The summed E-state index contributed by atoms with van der Waals surface area (Å²) in [6, 6.07) is 2.31. The molecule has 3 aliphatic rings. The molecule has 1 aromatic heterocycles. The van der Waals surface area contributed by atoms with E-state index in [0.717, 1.165) is 77.8 Å². The van der Waals surface area contributed by atoms with Gasteiger partial charge in [0.05, 0.1) is 5.92 Å². The quantitative estimate of drug-likeness (QED) is 0.791. The van der Waals surface area contributed by atoms with Gasteiger partial charge in [0.1, 0.15) is 5.69 Å². The first-order chi connectivity index (χ1) is 13.7. The van der Waals surface area contributed by atoms with E-state index in [4.69, 9.17) is 0 Å². The number of hydrogen-bond donors (Lipinski definition) is 0. The summed E-state index contributed by atoms with van der Waals surface area (Å²) in [6.45, 7) is 8.19. The van der Waals surface area contributed by atoms with Crippen LogP contribution in [0.3, 0.4) is 0 Å². The van der Waals surface area contributed by atoms with Crippen LogP contribution >= 0.6 is 0 Å². The van der Waals surface area contributed by atoms with Crippen LogP contribution in [0.15, 0.2) is 12.3 Å². The zero-order valence-electron chi connectivity index (χ0n) is 17.1. The van der Waals surface area contributed by atoms with E-state index < -0.39 is 0 Å². The van der Waals surface area contributed by atoms with Crippen molar-refractivity contribution in [3.8, 4) is 0 Å². The average molecular weight is 388 g/mol. The third-order valence-corrected chi connectivity index (χ3v) is 6.72. The minimum atomic E-state index is 0.0959. The molecule has 2 amide bonds. The molecule has 0 aliphatic carbocycles. The fourth-order valence-electron chi connectivity index (χ4n) is 5.10. The predicted octanol–water partition coefficient (Wildman–Crippen LogP) is 1.84. The van der Waals surface area contributed by atoms with Crippen molar-refractivity contribution in [2.45, 2.75) is 58.0 Å². The second kappa shape index (κ2) is 8.64. The summed E-state index contributed by atoms with van der Waals surface area (Å²) >= 11 is 0. The van der Waals surface area contributed by atoms with E-state index in [0.29, 0.717) is 24.2 Å². The Kier molecular flexibility index (Phi) is 5.99. The Bertz CT molecular complexity index is 689. The summed E-state index contributed by atoms with van der Waals surface area (Å²) in [6.07, 6.45) is 8.16. The molecule has 0 N–H and O–H groups in total. The second-order valence-electron chi connectivity index (χ2n) is 8.42. The van der Waals surface area contributed by atoms with Gasteiger partial charge in [-0.3, -0.25) is 19.2 Å². The molecular weight excluding hydrogens is 354 g/mol. The second-order valence-corrected chi connectivity index (χ2v) is 8.42. The number of aromatic nitrogens is 2. The van der Waals surface area contributed by atoms with Crippen LogP contribution in [0, 0.1) is 5.92 Å². The molecule has 3 fully saturated rings. The lowest BCUT2D eigenvalue weighted by molar-refractivity contribution is -0.136. The summed E-state index contributed by atoms with van der Waals surface area (Å²) in [5.41, 5.74) is 0.690. The van der Waals surface area contributed by atoms with Gasteiger partial charge >= 0.3 is 0 Å². The van der Waals surface area contributed by atoms with Gasteiger partial charge in [0, 0.05) is 51.5 Å². The van der Waals surface area contributed by atoms with Crippen molar-refractivity contribution in [1.82, 2.24) is 24.5 Å². The first kappa shape index (κ1) is 19.4. The number of carbonyl (C=O) groups excluding carboxylic acids is 2. The van der Waals surface area contributed by atoms with Crippen molar-refractivity contribution in [3.05, 3.63) is 18.0 Å². The third-order valence-electron chi connectivity index (χ3n) is 6.72. The van der Waals surface area contributed by atoms with E-state index >= 15 is 0 Å². The van der Waals surface area contributed by atoms with Crippen LogP contribution < -0.4 is 0 Å². The fourth-order valence-corrected chi connectivity index (χ4v) is 5.10. The Labute approximate surface area is 167 Å². The van der Waals surface area contributed by atoms with Crippen molar-refractivity contribution >= 4 is 11.8 Å². The van der Waals surface area contributed by atoms with Crippen molar-refractivity contribution in [2.75, 3.05) is 39.3 Å². The summed E-state index contributed by atoms with van der Waals surface area (Å²) in [5.74, 6) is 0.645. The van der Waals surface area contributed by atoms with Crippen molar-refractivity contribution in [1.29, 1.82) is 0 Å². The molecule has 28 heavy (non-hydrogen) atoms. The van der Waals surface area contributed by atoms with Crippen LogP contribution in [0.4, 0.5) is 0 Å². The Morgan fingerprint density at radius 3 is 2.46 bits per heavy atom. The van der Waals surface area contributed by atoms with Crippen molar-refractivity contribution < 1.29 is 9.59 Å². The van der Waals surface area contributed by atoms with E-state index in [1.54, 1.807) is 10.9 Å². The standard InChI is InChI=1S/C21H33N5O2/c1-2-26-19(7-10-22-26)21(28)24-14-8-18(9-15-24)25-13-5-6-17(16-25)20(27)23-11-3-4-12-23/h7,10,17-18H,2-6,8-9,11-16H2,1H3/t17-/m1/s1. The molecule has 4 rings (SSSR count). The molecule has 3 saturated heterocycles. The molecule has 0 unspecified atom stereocenters. The van der Waals surface area contributed by atoms with Crippen LogP contribution in [-0.4, -0.2) is 81.6 Å². The first-order valence-corrected chi connectivity index (χ1v) is 11.0. The van der Waals surface area contributed by atoms with E-state index in [9.17, 15) is 9.59 Å². The van der Waals surface area contributed by atoms with Gasteiger partial charge < -0.3 is 9.80 Å². The van der Waals surface area contributed by atoms with E-state index in [2.05, 4.69) is 14.9 Å². The molecule has 154 valence electrons. The topological polar surface area (TPSA) is 61.7 Å². The summed E-state index contributed by atoms with van der Waals surface area (Å²) in [5, 5.41) is 4.22. The number of nitrogens with zero attached hydrogens (tertiary/aromatic N) is 5. The van der Waals surface area contributed by atoms with Crippen LogP contribution in [0.2, 0.25) is 0 Å². The van der Waals surface area contributed by atoms with Crippen LogP contribution in [0.5, 0.6) is 0 Å². The monoisotopic (exact) mass is 387 g/mol. The maximum absolute atomic E-state index is 12.8. The van der Waals surface area contributed by atoms with E-state index in [-0.39, 0.29) is 11.8 Å². The molecule has 7 heteroatoms. The van der Waals surface area contributed by atoms with Gasteiger partial charge in [-0.1, -0.05) is 0 Å². The van der Waals surface area contributed by atoms with Gasteiger partial charge in [-0.15, -0.1) is 0 Å². The summed E-state index contributed by atoms with van der Waals surface area (Å²) in [7, 11) is 0. The Balaban J connectivity index is 1.31. The highest BCUT2D eigenvalue weighted by atomic mass is 16.2. The Hall–Kier alpha value is -1.89. The number of carbonyl (C=O) groups is 2. The first-order valence-electron chi connectivity index (χ1n) is 11.0. The highest BCUT2D eigenvalue weighted by molar-refractivity contribution is 5.92. The van der Waals surface area contributed by atoms with Gasteiger partial charge in [-0.25, -0.2) is 0 Å². The zero-order valence-corrected chi connectivity index (χ0v) is 17.1. The smallest absolute Gasteiger partial charge is 0.272 e. The van der Waals surface area contributed by atoms with E-state index in [1.165, 1.54) is 0 Å². The van der Waals surface area contributed by atoms with Gasteiger partial charge in [0.15, 0.2) is 0 Å². The zero-order chi connectivity index (χ0) is 19.5. The Morgan fingerprint density at radius 1 is 1.00 bits per heavy atom. The van der Waals surface area contributed by atoms with Crippen LogP contribution in [0.1, 0.15) is 55.9 Å². The molecule has 0 radical (unpaired) electrons. The number of hydrogen-bond acceptors (Lipinski definition) is 4. The van der Waals surface area contributed by atoms with Gasteiger partial charge in [0.2, 0.25) is 5.91 Å². The maximum atomic E-state index is 12.8. The lowest BCUT2D eigenvalue weighted by atomic mass is 9.93. The normalized spacial score (nSPS) is 24.7. The van der Waals surface area contributed by atoms with Crippen molar-refractivity contribution in [3.63, 3.8) is 0 Å².